The van der Waals surface area contributed by atoms with Gasteiger partial charge in [0.1, 0.15) is 5.75 Å². The lowest BCUT2D eigenvalue weighted by molar-refractivity contribution is -0.136. The van der Waals surface area contributed by atoms with Crippen molar-refractivity contribution in [3.05, 3.63) is 72.1 Å². The minimum absolute atomic E-state index is 0.0393. The van der Waals surface area contributed by atoms with Gasteiger partial charge in [0, 0.05) is 57.3 Å². The Morgan fingerprint density at radius 2 is 1.69 bits per heavy atom. The van der Waals surface area contributed by atoms with E-state index in [4.69, 9.17) is 4.74 Å². The van der Waals surface area contributed by atoms with Gasteiger partial charge < -0.3 is 19.4 Å². The second-order valence-electron chi connectivity index (χ2n) is 9.49. The summed E-state index contributed by atoms with van der Waals surface area (Å²) >= 11 is 0. The zero-order chi connectivity index (χ0) is 24.2. The van der Waals surface area contributed by atoms with Crippen LogP contribution in [-0.4, -0.2) is 60.0 Å². The summed E-state index contributed by atoms with van der Waals surface area (Å²) in [7, 11) is 0. The highest BCUT2D eigenvalue weighted by Crippen LogP contribution is 2.32. The highest BCUT2D eigenvalue weighted by molar-refractivity contribution is 5.80. The molecular formula is C28H33N5O2. The normalized spacial score (nSPS) is 18.5. The summed E-state index contributed by atoms with van der Waals surface area (Å²) < 4.78 is 6.03. The number of piperazine rings is 1. The topological polar surface area (TPSA) is 61.8 Å². The first-order chi connectivity index (χ1) is 17.1. The number of hydrogen-bond acceptors (Lipinski definition) is 6. The van der Waals surface area contributed by atoms with Gasteiger partial charge in [-0.2, -0.15) is 0 Å². The van der Waals surface area contributed by atoms with Gasteiger partial charge in [0.2, 0.25) is 5.91 Å². The molecule has 1 atom stereocenters. The first-order valence-electron chi connectivity index (χ1n) is 12.5. The number of carbonyl (C=O) groups is 1. The molecule has 0 saturated carbocycles. The number of piperidine rings is 1. The number of aryl methyl sites for hydroxylation is 2. The molecule has 182 valence electrons. The lowest BCUT2D eigenvalue weighted by Crippen LogP contribution is -2.52. The molecule has 1 aromatic heterocycles. The van der Waals surface area contributed by atoms with Crippen LogP contribution in [0.2, 0.25) is 0 Å². The second kappa shape index (κ2) is 10.3. The maximum atomic E-state index is 13.5. The van der Waals surface area contributed by atoms with Crippen molar-refractivity contribution < 1.29 is 9.53 Å². The molecular weight excluding hydrogens is 438 g/mol. The number of rotatable bonds is 5. The quantitative estimate of drug-likeness (QED) is 0.548. The lowest BCUT2D eigenvalue weighted by Gasteiger charge is -2.40. The molecule has 0 unspecified atom stereocenters. The molecule has 1 amide bonds. The minimum Gasteiger partial charge on any atom is -0.436 e. The van der Waals surface area contributed by atoms with E-state index in [0.717, 1.165) is 51.3 Å². The van der Waals surface area contributed by atoms with Crippen LogP contribution < -0.4 is 14.5 Å². The van der Waals surface area contributed by atoms with Gasteiger partial charge in [-0.05, 0) is 56.0 Å². The van der Waals surface area contributed by atoms with Crippen LogP contribution in [-0.2, 0) is 4.79 Å². The number of aromatic nitrogens is 2. The van der Waals surface area contributed by atoms with Crippen molar-refractivity contribution in [3.8, 4) is 11.6 Å². The smallest absolute Gasteiger partial charge is 0.263 e. The Labute approximate surface area is 207 Å². The van der Waals surface area contributed by atoms with Gasteiger partial charge in [-0.1, -0.05) is 30.3 Å². The van der Waals surface area contributed by atoms with Crippen molar-refractivity contribution >= 4 is 17.4 Å². The maximum absolute atomic E-state index is 13.5. The SMILES string of the molecule is Cc1ccc(C)c(N2CCN(C(=O)[C@@H]3CCCN(c4nccnc4Oc4ccccc4)C3)CC2)c1. The van der Waals surface area contributed by atoms with Crippen molar-refractivity contribution in [1.82, 2.24) is 14.9 Å². The van der Waals surface area contributed by atoms with E-state index in [0.29, 0.717) is 18.2 Å². The van der Waals surface area contributed by atoms with E-state index in [1.54, 1.807) is 12.4 Å². The van der Waals surface area contributed by atoms with Gasteiger partial charge in [0.25, 0.3) is 5.88 Å². The standard InChI is InChI=1S/C28H33N5O2/c1-21-10-11-22(2)25(19-21)31-15-17-32(18-16-31)28(34)23-7-6-14-33(20-23)26-27(30-13-12-29-26)35-24-8-4-3-5-9-24/h3-5,8-13,19,23H,6-7,14-18,20H2,1-2H3/t23-/m1/s1. The van der Waals surface area contributed by atoms with Crippen LogP contribution >= 0.6 is 0 Å². The first-order valence-corrected chi connectivity index (χ1v) is 12.5. The molecule has 2 fully saturated rings. The summed E-state index contributed by atoms with van der Waals surface area (Å²) in [4.78, 5) is 29.1. The van der Waals surface area contributed by atoms with Crippen molar-refractivity contribution in [1.29, 1.82) is 0 Å². The van der Waals surface area contributed by atoms with Crippen molar-refractivity contribution in [2.75, 3.05) is 49.1 Å². The third-order valence-electron chi connectivity index (χ3n) is 6.97. The Hall–Kier alpha value is -3.61. The fourth-order valence-corrected chi connectivity index (χ4v) is 5.06. The van der Waals surface area contributed by atoms with Crippen molar-refractivity contribution in [2.24, 2.45) is 5.92 Å². The van der Waals surface area contributed by atoms with Crippen LogP contribution in [0, 0.1) is 19.8 Å². The van der Waals surface area contributed by atoms with Crippen LogP contribution in [0.1, 0.15) is 24.0 Å². The number of anilines is 2. The molecule has 0 radical (unpaired) electrons. The van der Waals surface area contributed by atoms with Gasteiger partial charge in [-0.15, -0.1) is 0 Å². The Kier molecular flexibility index (Phi) is 6.84. The van der Waals surface area contributed by atoms with Gasteiger partial charge in [0.15, 0.2) is 5.82 Å². The number of benzene rings is 2. The van der Waals surface area contributed by atoms with Gasteiger partial charge >= 0.3 is 0 Å². The number of amides is 1. The molecule has 7 nitrogen and oxygen atoms in total. The van der Waals surface area contributed by atoms with E-state index in [2.05, 4.69) is 51.8 Å². The molecule has 3 heterocycles. The van der Waals surface area contributed by atoms with E-state index >= 15 is 0 Å². The van der Waals surface area contributed by atoms with E-state index in [9.17, 15) is 4.79 Å². The Morgan fingerprint density at radius 3 is 2.49 bits per heavy atom. The third-order valence-corrected chi connectivity index (χ3v) is 6.97. The van der Waals surface area contributed by atoms with Gasteiger partial charge in [-0.3, -0.25) is 4.79 Å². The third kappa shape index (κ3) is 5.24. The Balaban J connectivity index is 1.23. The van der Waals surface area contributed by atoms with Crippen molar-refractivity contribution in [2.45, 2.75) is 26.7 Å². The first kappa shape index (κ1) is 23.1. The molecule has 0 spiro atoms. The maximum Gasteiger partial charge on any atom is 0.263 e. The second-order valence-corrected chi connectivity index (χ2v) is 9.49. The van der Waals surface area contributed by atoms with E-state index in [1.807, 2.05) is 35.2 Å². The molecule has 2 aromatic carbocycles. The summed E-state index contributed by atoms with van der Waals surface area (Å²) in [6, 6.07) is 16.2. The lowest BCUT2D eigenvalue weighted by atomic mass is 9.96. The molecule has 2 aliphatic heterocycles. The van der Waals surface area contributed by atoms with Crippen LogP contribution in [0.15, 0.2) is 60.9 Å². The zero-order valence-corrected chi connectivity index (χ0v) is 20.6. The summed E-state index contributed by atoms with van der Waals surface area (Å²) in [5.41, 5.74) is 3.84. The molecule has 7 heteroatoms. The van der Waals surface area contributed by atoms with Crippen molar-refractivity contribution in [3.63, 3.8) is 0 Å². The predicted molar refractivity (Wildman–Crippen MR) is 138 cm³/mol. The van der Waals surface area contributed by atoms with E-state index < -0.39 is 0 Å². The van der Waals surface area contributed by atoms with E-state index in [1.165, 1.54) is 16.8 Å². The molecule has 5 rings (SSSR count). The van der Waals surface area contributed by atoms with Gasteiger partial charge in [-0.25, -0.2) is 9.97 Å². The molecule has 2 aliphatic rings. The monoisotopic (exact) mass is 471 g/mol. The summed E-state index contributed by atoms with van der Waals surface area (Å²) in [6.07, 6.45) is 5.18. The fraction of sp³-hybridized carbons (Fsp3) is 0.393. The highest BCUT2D eigenvalue weighted by Gasteiger charge is 2.32. The highest BCUT2D eigenvalue weighted by atomic mass is 16.5. The molecule has 0 aliphatic carbocycles. The largest absolute Gasteiger partial charge is 0.436 e. The molecule has 0 N–H and O–H groups in total. The Morgan fingerprint density at radius 1 is 0.914 bits per heavy atom. The fourth-order valence-electron chi connectivity index (χ4n) is 5.06. The van der Waals surface area contributed by atoms with Crippen LogP contribution in [0.3, 0.4) is 0 Å². The van der Waals surface area contributed by atoms with E-state index in [-0.39, 0.29) is 11.8 Å². The molecule has 35 heavy (non-hydrogen) atoms. The predicted octanol–water partition coefficient (Wildman–Crippen LogP) is 4.45. The van der Waals surface area contributed by atoms with Gasteiger partial charge in [0.05, 0.1) is 5.92 Å². The minimum atomic E-state index is -0.0393. The number of ether oxygens (including phenoxy) is 1. The summed E-state index contributed by atoms with van der Waals surface area (Å²) in [5.74, 6) is 2.12. The average Bonchev–Trinajstić information content (AvgIpc) is 2.91. The zero-order valence-electron chi connectivity index (χ0n) is 20.6. The Bertz CT molecular complexity index is 1160. The molecule has 2 saturated heterocycles. The number of nitrogens with zero attached hydrogens (tertiary/aromatic N) is 5. The summed E-state index contributed by atoms with van der Waals surface area (Å²) in [6.45, 7) is 9.02. The number of carbonyl (C=O) groups excluding carboxylic acids is 1. The number of para-hydroxylation sites is 1. The number of hydrogen-bond donors (Lipinski definition) is 0. The molecule has 0 bridgehead atoms. The average molecular weight is 472 g/mol. The van der Waals surface area contributed by atoms with Crippen LogP contribution in [0.4, 0.5) is 11.5 Å². The van der Waals surface area contributed by atoms with Crippen LogP contribution in [0.25, 0.3) is 0 Å². The molecule has 3 aromatic rings. The summed E-state index contributed by atoms with van der Waals surface area (Å²) in [5, 5.41) is 0. The van der Waals surface area contributed by atoms with Crippen LogP contribution in [0.5, 0.6) is 11.6 Å².